The maximum Gasteiger partial charge on any atom is 0.303 e. The van der Waals surface area contributed by atoms with E-state index in [1.54, 1.807) is 23.1 Å². The fourth-order valence-corrected chi connectivity index (χ4v) is 3.06. The van der Waals surface area contributed by atoms with Gasteiger partial charge in [0.15, 0.2) is 5.78 Å². The summed E-state index contributed by atoms with van der Waals surface area (Å²) in [5.74, 6) is -0.729. The first kappa shape index (κ1) is 14.6. The molecule has 106 valence electrons. The van der Waals surface area contributed by atoms with Gasteiger partial charge in [-0.05, 0) is 25.1 Å². The van der Waals surface area contributed by atoms with Crippen LogP contribution in [0.5, 0.6) is 0 Å². The third-order valence-electron chi connectivity index (χ3n) is 3.11. The van der Waals surface area contributed by atoms with Crippen LogP contribution in [0.25, 0.3) is 0 Å². The van der Waals surface area contributed by atoms with Gasteiger partial charge in [0.25, 0.3) is 0 Å². The topological polar surface area (TPSA) is 74.7 Å². The summed E-state index contributed by atoms with van der Waals surface area (Å²) in [6, 6.07) is 5.17. The smallest absolute Gasteiger partial charge is 0.303 e. The number of ketones is 1. The van der Waals surface area contributed by atoms with Crippen LogP contribution in [0.3, 0.4) is 0 Å². The highest BCUT2D eigenvalue weighted by Crippen LogP contribution is 2.36. The fourth-order valence-electron chi connectivity index (χ4n) is 2.09. The minimum absolute atomic E-state index is 0.00475. The van der Waals surface area contributed by atoms with Crippen molar-refractivity contribution in [1.29, 1.82) is 0 Å². The predicted molar refractivity (Wildman–Crippen MR) is 76.4 cm³/mol. The molecule has 1 aromatic carbocycles. The first-order chi connectivity index (χ1) is 9.52. The number of aliphatic carboxylic acids is 1. The zero-order chi connectivity index (χ0) is 14.7. The van der Waals surface area contributed by atoms with Crippen molar-refractivity contribution in [3.05, 3.63) is 23.8 Å². The van der Waals surface area contributed by atoms with Crippen LogP contribution in [0.1, 0.15) is 30.1 Å². The Hall–Kier alpha value is -1.82. The van der Waals surface area contributed by atoms with E-state index in [9.17, 15) is 14.4 Å². The average Bonchev–Trinajstić information content (AvgIpc) is 2.44. The number of nitrogens with zero attached hydrogens (tertiary/aromatic N) is 1. The Balaban J connectivity index is 2.22. The zero-order valence-corrected chi connectivity index (χ0v) is 11.9. The lowest BCUT2D eigenvalue weighted by Gasteiger charge is -2.28. The van der Waals surface area contributed by atoms with E-state index in [0.29, 0.717) is 17.9 Å². The van der Waals surface area contributed by atoms with E-state index in [1.807, 2.05) is 6.92 Å². The second-order valence-corrected chi connectivity index (χ2v) is 5.44. The van der Waals surface area contributed by atoms with Crippen molar-refractivity contribution >= 4 is 35.1 Å². The molecule has 0 aliphatic carbocycles. The van der Waals surface area contributed by atoms with Crippen molar-refractivity contribution in [3.63, 3.8) is 0 Å². The number of hydrogen-bond donors (Lipinski definition) is 1. The molecule has 1 heterocycles. The predicted octanol–water partition coefficient (Wildman–Crippen LogP) is 2.19. The quantitative estimate of drug-likeness (QED) is 0.842. The van der Waals surface area contributed by atoms with Crippen molar-refractivity contribution < 1.29 is 19.5 Å². The maximum absolute atomic E-state index is 11.9. The van der Waals surface area contributed by atoms with Crippen LogP contribution in [0, 0.1) is 0 Å². The van der Waals surface area contributed by atoms with E-state index < -0.39 is 5.97 Å². The monoisotopic (exact) mass is 293 g/mol. The molecular formula is C14H15NO4S. The van der Waals surface area contributed by atoms with Gasteiger partial charge in [0.2, 0.25) is 5.91 Å². The number of rotatable bonds is 5. The Morgan fingerprint density at radius 2 is 2.10 bits per heavy atom. The Morgan fingerprint density at radius 3 is 2.75 bits per heavy atom. The molecule has 0 saturated heterocycles. The number of carbonyl (C=O) groups is 3. The van der Waals surface area contributed by atoms with Gasteiger partial charge in [-0.15, -0.1) is 11.8 Å². The van der Waals surface area contributed by atoms with Gasteiger partial charge in [0, 0.05) is 23.4 Å². The number of fused-ring (bicyclic) bond motifs is 1. The van der Waals surface area contributed by atoms with Crippen LogP contribution in [-0.2, 0) is 9.59 Å². The van der Waals surface area contributed by atoms with Crippen LogP contribution in [0.4, 0.5) is 5.69 Å². The van der Waals surface area contributed by atoms with Gasteiger partial charge in [-0.25, -0.2) is 0 Å². The highest BCUT2D eigenvalue weighted by molar-refractivity contribution is 8.00. The molecule has 1 aromatic rings. The molecule has 2 rings (SSSR count). The van der Waals surface area contributed by atoms with Crippen molar-refractivity contribution in [2.45, 2.75) is 24.7 Å². The van der Waals surface area contributed by atoms with E-state index in [0.717, 1.165) is 10.6 Å². The number of carboxylic acid groups (broad SMARTS) is 1. The lowest BCUT2D eigenvalue weighted by molar-refractivity contribution is -0.137. The number of amides is 1. The highest BCUT2D eigenvalue weighted by atomic mass is 32.2. The molecule has 0 spiro atoms. The van der Waals surface area contributed by atoms with Crippen LogP contribution in [-0.4, -0.2) is 35.1 Å². The number of Topliss-reactive ketones (excluding diaryl/α,β-unsaturated/α-hetero) is 1. The number of carbonyl (C=O) groups excluding carboxylic acids is 2. The maximum atomic E-state index is 11.9. The molecule has 1 amide bonds. The number of carboxylic acids is 1. The summed E-state index contributed by atoms with van der Waals surface area (Å²) in [4.78, 5) is 36.7. The molecule has 0 saturated carbocycles. The van der Waals surface area contributed by atoms with Gasteiger partial charge in [0.1, 0.15) is 0 Å². The normalized spacial score (nSPS) is 14.1. The van der Waals surface area contributed by atoms with Gasteiger partial charge in [-0.3, -0.25) is 14.4 Å². The molecule has 0 bridgehead atoms. The fraction of sp³-hybridized carbons (Fsp3) is 0.357. The summed E-state index contributed by atoms with van der Waals surface area (Å²) in [6.45, 7) is 2.50. The number of anilines is 1. The standard InChI is InChI=1S/C14H15NO4S/c1-2-15-10-4-3-9(11(16)5-6-14(18)19)7-12(10)20-8-13(15)17/h3-4,7H,2,5-6,8H2,1H3,(H,18,19). The largest absolute Gasteiger partial charge is 0.481 e. The molecule has 1 N–H and O–H groups in total. The second kappa shape index (κ2) is 6.09. The molecule has 0 unspecified atom stereocenters. The molecule has 1 aliphatic rings. The lowest BCUT2D eigenvalue weighted by Crippen LogP contribution is -2.35. The number of benzene rings is 1. The Kier molecular flexibility index (Phi) is 4.44. The first-order valence-corrected chi connectivity index (χ1v) is 7.33. The van der Waals surface area contributed by atoms with Gasteiger partial charge >= 0.3 is 5.97 Å². The summed E-state index contributed by atoms with van der Waals surface area (Å²) in [6.07, 6.45) is -0.169. The Morgan fingerprint density at radius 1 is 1.35 bits per heavy atom. The number of hydrogen-bond acceptors (Lipinski definition) is 4. The van der Waals surface area contributed by atoms with E-state index in [1.165, 1.54) is 11.8 Å². The van der Waals surface area contributed by atoms with Crippen LogP contribution in [0.15, 0.2) is 23.1 Å². The summed E-state index contributed by atoms with van der Waals surface area (Å²) in [5, 5.41) is 8.60. The summed E-state index contributed by atoms with van der Waals surface area (Å²) < 4.78 is 0. The van der Waals surface area contributed by atoms with Gasteiger partial charge in [-0.2, -0.15) is 0 Å². The third kappa shape index (κ3) is 3.01. The summed E-state index contributed by atoms with van der Waals surface area (Å²) in [7, 11) is 0. The second-order valence-electron chi connectivity index (χ2n) is 4.43. The summed E-state index contributed by atoms with van der Waals surface area (Å²) in [5.41, 5.74) is 1.33. The van der Waals surface area contributed by atoms with Gasteiger partial charge in [-0.1, -0.05) is 0 Å². The molecular weight excluding hydrogens is 278 g/mol. The van der Waals surface area contributed by atoms with Gasteiger partial charge < -0.3 is 10.0 Å². The zero-order valence-electron chi connectivity index (χ0n) is 11.1. The van der Waals surface area contributed by atoms with E-state index >= 15 is 0 Å². The van der Waals surface area contributed by atoms with E-state index in [2.05, 4.69) is 0 Å². The summed E-state index contributed by atoms with van der Waals surface area (Å²) >= 11 is 1.41. The van der Waals surface area contributed by atoms with Crippen LogP contribution in [0.2, 0.25) is 0 Å². The van der Waals surface area contributed by atoms with Crippen molar-refractivity contribution in [2.24, 2.45) is 0 Å². The first-order valence-electron chi connectivity index (χ1n) is 6.35. The number of thioether (sulfide) groups is 1. The average molecular weight is 293 g/mol. The Labute approximate surface area is 121 Å². The SMILES string of the molecule is CCN1C(=O)CSc2cc(C(=O)CCC(=O)O)ccc21. The van der Waals surface area contributed by atoms with Crippen LogP contribution >= 0.6 is 11.8 Å². The highest BCUT2D eigenvalue weighted by Gasteiger charge is 2.24. The molecule has 0 atom stereocenters. The van der Waals surface area contributed by atoms with Crippen molar-refractivity contribution in [1.82, 2.24) is 0 Å². The molecule has 0 aromatic heterocycles. The Bertz CT molecular complexity index is 570. The molecule has 6 heteroatoms. The minimum atomic E-state index is -0.978. The van der Waals surface area contributed by atoms with E-state index in [-0.39, 0.29) is 24.5 Å². The molecule has 5 nitrogen and oxygen atoms in total. The molecule has 0 radical (unpaired) electrons. The minimum Gasteiger partial charge on any atom is -0.481 e. The molecule has 1 aliphatic heterocycles. The van der Waals surface area contributed by atoms with Crippen LogP contribution < -0.4 is 4.90 Å². The third-order valence-corrected chi connectivity index (χ3v) is 4.14. The van der Waals surface area contributed by atoms with Gasteiger partial charge in [0.05, 0.1) is 17.9 Å². The van der Waals surface area contributed by atoms with Crippen molar-refractivity contribution in [2.75, 3.05) is 17.2 Å². The molecule has 20 heavy (non-hydrogen) atoms. The van der Waals surface area contributed by atoms with E-state index in [4.69, 9.17) is 5.11 Å². The lowest BCUT2D eigenvalue weighted by atomic mass is 10.1. The molecule has 0 fully saturated rings. The van der Waals surface area contributed by atoms with Crippen molar-refractivity contribution in [3.8, 4) is 0 Å².